The zero-order valence-electron chi connectivity index (χ0n) is 25.1. The molecule has 2 heterocycles. The van der Waals surface area contributed by atoms with Crippen molar-refractivity contribution in [3.05, 3.63) is 89.1 Å². The number of anilines is 1. The number of nitrogens with zero attached hydrogens (tertiary/aromatic N) is 1. The zero-order chi connectivity index (χ0) is 31.0. The lowest BCUT2D eigenvalue weighted by Gasteiger charge is -2.56. The van der Waals surface area contributed by atoms with Crippen LogP contribution in [0.25, 0.3) is 0 Å². The van der Waals surface area contributed by atoms with Gasteiger partial charge in [-0.25, -0.2) is 14.6 Å². The predicted octanol–water partition coefficient (Wildman–Crippen LogP) is 6.70. The molecule has 4 aliphatic carbocycles. The number of ether oxygens (including phenoxy) is 2. The number of nitrogens with one attached hydrogen (secondary N) is 2. The van der Waals surface area contributed by atoms with E-state index in [1.165, 1.54) is 31.0 Å². The van der Waals surface area contributed by atoms with Crippen molar-refractivity contribution < 1.29 is 29.3 Å². The van der Waals surface area contributed by atoms with Crippen LogP contribution in [0.5, 0.6) is 0 Å². The SMILES string of the molecule is O=C(Nc1ccc(C2OC(CSc3ncccc3C(=O)O)CC(c3ccc(CO)cc3)O2)cc1)NC12CC3CC(CC(C3)C1)C2. The van der Waals surface area contributed by atoms with Crippen LogP contribution >= 0.6 is 11.8 Å². The van der Waals surface area contributed by atoms with Crippen molar-refractivity contribution in [3.63, 3.8) is 0 Å². The molecule has 3 aromatic rings. The van der Waals surface area contributed by atoms with Crippen molar-refractivity contribution in [1.29, 1.82) is 0 Å². The predicted molar refractivity (Wildman–Crippen MR) is 170 cm³/mol. The Bertz CT molecular complexity index is 1500. The van der Waals surface area contributed by atoms with E-state index >= 15 is 0 Å². The number of carbonyl (C=O) groups excluding carboxylic acids is 1. The number of carboxylic acids is 1. The molecule has 9 nitrogen and oxygen atoms in total. The summed E-state index contributed by atoms with van der Waals surface area (Å²) < 4.78 is 12.9. The molecule has 10 heteroatoms. The first-order valence-corrected chi connectivity index (χ1v) is 16.8. The fourth-order valence-electron chi connectivity index (χ4n) is 8.25. The summed E-state index contributed by atoms with van der Waals surface area (Å²) in [6.07, 6.45) is 8.27. The third-order valence-electron chi connectivity index (χ3n) is 9.88. The summed E-state index contributed by atoms with van der Waals surface area (Å²) in [5.74, 6) is 1.75. The fourth-order valence-corrected chi connectivity index (χ4v) is 9.26. The van der Waals surface area contributed by atoms with Crippen molar-refractivity contribution in [2.75, 3.05) is 11.1 Å². The Labute approximate surface area is 267 Å². The summed E-state index contributed by atoms with van der Waals surface area (Å²) in [4.78, 5) is 29.1. The van der Waals surface area contributed by atoms with Crippen molar-refractivity contribution >= 4 is 29.4 Å². The number of carboxylic acid groups (broad SMARTS) is 1. The molecule has 3 unspecified atom stereocenters. The summed E-state index contributed by atoms with van der Waals surface area (Å²) in [5.41, 5.74) is 3.42. The minimum absolute atomic E-state index is 0.0340. The smallest absolute Gasteiger partial charge is 0.338 e. The number of benzene rings is 2. The molecule has 1 aromatic heterocycles. The molecule has 0 radical (unpaired) electrons. The summed E-state index contributed by atoms with van der Waals surface area (Å²) in [5, 5.41) is 25.9. The van der Waals surface area contributed by atoms with Gasteiger partial charge >= 0.3 is 12.0 Å². The van der Waals surface area contributed by atoms with E-state index in [-0.39, 0.29) is 35.9 Å². The van der Waals surface area contributed by atoms with Gasteiger partial charge in [0, 0.05) is 35.2 Å². The molecule has 4 N–H and O–H groups in total. The first-order valence-electron chi connectivity index (χ1n) is 15.9. The molecule has 4 bridgehead atoms. The van der Waals surface area contributed by atoms with Crippen molar-refractivity contribution in [2.45, 2.75) is 80.6 Å². The quantitative estimate of drug-likeness (QED) is 0.193. The number of aromatic carboxylic acids is 1. The Balaban J connectivity index is 1.03. The summed E-state index contributed by atoms with van der Waals surface area (Å²) in [6, 6.07) is 18.3. The van der Waals surface area contributed by atoms with E-state index in [0.717, 1.165) is 53.7 Å². The molecular weight excluding hydrogens is 590 g/mol. The van der Waals surface area contributed by atoms with Gasteiger partial charge in [0.2, 0.25) is 0 Å². The number of amides is 2. The second-order valence-corrected chi connectivity index (χ2v) is 14.2. The molecule has 5 fully saturated rings. The third kappa shape index (κ3) is 6.74. The van der Waals surface area contributed by atoms with Crippen LogP contribution in [0.1, 0.15) is 84.4 Å². The maximum atomic E-state index is 13.1. The number of aliphatic hydroxyl groups excluding tert-OH is 1. The van der Waals surface area contributed by atoms with Gasteiger partial charge in [0.1, 0.15) is 5.03 Å². The number of urea groups is 1. The molecule has 45 heavy (non-hydrogen) atoms. The van der Waals surface area contributed by atoms with E-state index < -0.39 is 12.3 Å². The van der Waals surface area contributed by atoms with Crippen molar-refractivity contribution in [3.8, 4) is 0 Å². The molecule has 2 aromatic carbocycles. The van der Waals surface area contributed by atoms with Gasteiger partial charge in [-0.1, -0.05) is 36.4 Å². The first kappa shape index (κ1) is 30.2. The van der Waals surface area contributed by atoms with Crippen LogP contribution in [0.3, 0.4) is 0 Å². The summed E-state index contributed by atoms with van der Waals surface area (Å²) >= 11 is 1.35. The van der Waals surface area contributed by atoms with E-state index in [4.69, 9.17) is 9.47 Å². The lowest BCUT2D eigenvalue weighted by atomic mass is 9.53. The highest BCUT2D eigenvalue weighted by Gasteiger charge is 2.51. The van der Waals surface area contributed by atoms with Crippen LogP contribution in [0.15, 0.2) is 71.9 Å². The average molecular weight is 630 g/mol. The van der Waals surface area contributed by atoms with Gasteiger partial charge in [-0.2, -0.15) is 0 Å². The monoisotopic (exact) mass is 629 g/mol. The standard InChI is InChI=1S/C35H39N3O6S/c39-19-21-3-5-25(6-4-21)30-15-28(20-45-31-29(32(40)41)2-1-11-36-31)43-33(44-30)26-7-9-27(10-8-26)37-34(42)38-35-16-22-12-23(17-35)14-24(13-22)18-35/h1-11,22-24,28,30,33,39H,12-20H2,(H,40,41)(H2,37,38,42). The largest absolute Gasteiger partial charge is 0.478 e. The topological polar surface area (TPSA) is 130 Å². The first-order chi connectivity index (χ1) is 21.8. The van der Waals surface area contributed by atoms with Crippen LogP contribution in [-0.2, 0) is 16.1 Å². The van der Waals surface area contributed by atoms with Gasteiger partial charge in [0.05, 0.1) is 24.4 Å². The van der Waals surface area contributed by atoms with Gasteiger partial charge in [0.25, 0.3) is 0 Å². The maximum Gasteiger partial charge on any atom is 0.338 e. The Morgan fingerprint density at radius 2 is 1.56 bits per heavy atom. The van der Waals surface area contributed by atoms with Crippen LogP contribution in [0.4, 0.5) is 10.5 Å². The van der Waals surface area contributed by atoms with Gasteiger partial charge in [0.15, 0.2) is 6.29 Å². The second kappa shape index (κ2) is 12.7. The second-order valence-electron chi connectivity index (χ2n) is 13.2. The van der Waals surface area contributed by atoms with E-state index in [0.29, 0.717) is 22.9 Å². The van der Waals surface area contributed by atoms with Gasteiger partial charge < -0.3 is 30.3 Å². The lowest BCUT2D eigenvalue weighted by Crippen LogP contribution is -2.60. The normalized spacial score (nSPS) is 30.2. The third-order valence-corrected chi connectivity index (χ3v) is 11.0. The maximum absolute atomic E-state index is 13.1. The molecule has 0 spiro atoms. The van der Waals surface area contributed by atoms with E-state index in [1.807, 2.05) is 48.5 Å². The Kier molecular flexibility index (Phi) is 8.56. The average Bonchev–Trinajstić information content (AvgIpc) is 3.03. The van der Waals surface area contributed by atoms with Gasteiger partial charge in [-0.05, 0) is 91.7 Å². The number of hydrogen-bond donors (Lipinski definition) is 4. The number of rotatable bonds is 9. The Morgan fingerprint density at radius 3 is 2.20 bits per heavy atom. The number of pyridine rings is 1. The number of hydrogen-bond acceptors (Lipinski definition) is 7. The van der Waals surface area contributed by atoms with Crippen LogP contribution in [0.2, 0.25) is 0 Å². The molecule has 2 amide bonds. The van der Waals surface area contributed by atoms with Crippen molar-refractivity contribution in [2.24, 2.45) is 17.8 Å². The minimum Gasteiger partial charge on any atom is -0.478 e. The van der Waals surface area contributed by atoms with Crippen LogP contribution in [-0.4, -0.2) is 44.6 Å². The highest BCUT2D eigenvalue weighted by molar-refractivity contribution is 7.99. The molecule has 236 valence electrons. The minimum atomic E-state index is -1.02. The van der Waals surface area contributed by atoms with Gasteiger partial charge in [-0.3, -0.25) is 0 Å². The molecule has 5 aliphatic rings. The number of aliphatic hydroxyl groups is 1. The zero-order valence-corrected chi connectivity index (χ0v) is 25.9. The van der Waals surface area contributed by atoms with Crippen LogP contribution in [0, 0.1) is 17.8 Å². The van der Waals surface area contributed by atoms with E-state index in [2.05, 4.69) is 15.6 Å². The van der Waals surface area contributed by atoms with Crippen LogP contribution < -0.4 is 10.6 Å². The molecule has 4 saturated carbocycles. The Morgan fingerprint density at radius 1 is 0.889 bits per heavy atom. The van der Waals surface area contributed by atoms with E-state index in [1.54, 1.807) is 18.3 Å². The fraction of sp³-hybridized carbons (Fsp3) is 0.457. The van der Waals surface area contributed by atoms with Crippen molar-refractivity contribution in [1.82, 2.24) is 10.3 Å². The summed E-state index contributed by atoms with van der Waals surface area (Å²) in [6.45, 7) is -0.0340. The highest BCUT2D eigenvalue weighted by Crippen LogP contribution is 2.55. The van der Waals surface area contributed by atoms with Gasteiger partial charge in [-0.15, -0.1) is 11.8 Å². The molecule has 8 rings (SSSR count). The highest BCUT2D eigenvalue weighted by atomic mass is 32.2. The molecule has 1 saturated heterocycles. The number of carbonyl (C=O) groups is 2. The number of thioether (sulfide) groups is 1. The number of aromatic nitrogens is 1. The Hall–Kier alpha value is -3.44. The lowest BCUT2D eigenvalue weighted by molar-refractivity contribution is -0.245. The summed E-state index contributed by atoms with van der Waals surface area (Å²) in [7, 11) is 0. The van der Waals surface area contributed by atoms with E-state index in [9.17, 15) is 19.8 Å². The molecule has 3 atom stereocenters. The molecular formula is C35H39N3O6S. The molecule has 1 aliphatic heterocycles.